The molecule has 4 nitrogen and oxygen atoms in total. The van der Waals surface area contributed by atoms with Crippen LogP contribution in [0.2, 0.25) is 0 Å². The van der Waals surface area contributed by atoms with Crippen molar-refractivity contribution in [3.63, 3.8) is 0 Å². The molecule has 28 heavy (non-hydrogen) atoms. The van der Waals surface area contributed by atoms with Crippen LogP contribution in [0, 0.1) is 31.0 Å². The number of benzene rings is 1. The lowest BCUT2D eigenvalue weighted by Crippen LogP contribution is -2.38. The predicted octanol–water partition coefficient (Wildman–Crippen LogP) is 5.20. The molecular formula is C23H30FN3O. The summed E-state index contributed by atoms with van der Waals surface area (Å²) in [6.45, 7) is 10.7. The van der Waals surface area contributed by atoms with E-state index < -0.39 is 0 Å². The molecule has 150 valence electrons. The minimum Gasteiger partial charge on any atom is -0.318 e. The maximum Gasteiger partial charge on any atom is 0.271 e. The van der Waals surface area contributed by atoms with Crippen molar-refractivity contribution in [2.24, 2.45) is 11.3 Å². The normalized spacial score (nSPS) is 17.2. The number of aryl methyl sites for hydroxylation is 1. The first-order valence-corrected chi connectivity index (χ1v) is 9.87. The molecular weight excluding hydrogens is 353 g/mol. The summed E-state index contributed by atoms with van der Waals surface area (Å²) in [5, 5.41) is 0. The molecule has 0 spiro atoms. The average Bonchev–Trinajstić information content (AvgIpc) is 2.94. The van der Waals surface area contributed by atoms with E-state index >= 15 is 0 Å². The van der Waals surface area contributed by atoms with E-state index in [1.807, 2.05) is 24.5 Å². The molecule has 0 fully saturated rings. The summed E-state index contributed by atoms with van der Waals surface area (Å²) in [7, 11) is 0. The number of allylic oxidation sites excluding steroid dienone is 2. The van der Waals surface area contributed by atoms with Crippen LogP contribution >= 0.6 is 0 Å². The van der Waals surface area contributed by atoms with Gasteiger partial charge in [-0.1, -0.05) is 26.8 Å². The maximum absolute atomic E-state index is 13.2. The zero-order chi connectivity index (χ0) is 20.5. The molecule has 1 heterocycles. The van der Waals surface area contributed by atoms with Gasteiger partial charge in [-0.2, -0.15) is 0 Å². The van der Waals surface area contributed by atoms with E-state index in [2.05, 4.69) is 37.7 Å². The minimum absolute atomic E-state index is 0.166. The molecule has 1 aromatic heterocycles. The Morgan fingerprint density at radius 2 is 1.86 bits per heavy atom. The lowest BCUT2D eigenvalue weighted by atomic mass is 9.74. The summed E-state index contributed by atoms with van der Waals surface area (Å²) in [6.07, 6.45) is 5.29. The highest BCUT2D eigenvalue weighted by Gasteiger charge is 2.26. The van der Waals surface area contributed by atoms with Gasteiger partial charge in [0.25, 0.3) is 5.91 Å². The van der Waals surface area contributed by atoms with Crippen LogP contribution in [-0.4, -0.2) is 10.5 Å². The molecule has 5 heteroatoms. The van der Waals surface area contributed by atoms with Crippen LogP contribution in [0.15, 0.2) is 42.1 Å². The third-order valence-corrected chi connectivity index (χ3v) is 5.73. The monoisotopic (exact) mass is 383 g/mol. The highest BCUT2D eigenvalue weighted by atomic mass is 19.1. The maximum atomic E-state index is 13.2. The van der Waals surface area contributed by atoms with Crippen LogP contribution in [0.5, 0.6) is 0 Å². The van der Waals surface area contributed by atoms with Gasteiger partial charge in [-0.3, -0.25) is 10.2 Å². The number of hydrazine groups is 1. The van der Waals surface area contributed by atoms with Gasteiger partial charge < -0.3 is 9.99 Å². The number of carbonyl (C=O) groups excluding carboxylic acids is 1. The van der Waals surface area contributed by atoms with Gasteiger partial charge in [-0.05, 0) is 74.8 Å². The highest BCUT2D eigenvalue weighted by Crippen LogP contribution is 2.36. The van der Waals surface area contributed by atoms with E-state index in [9.17, 15) is 9.18 Å². The summed E-state index contributed by atoms with van der Waals surface area (Å²) in [6, 6.07) is 8.15. The molecule has 2 aromatic rings. The highest BCUT2D eigenvalue weighted by molar-refractivity contribution is 5.95. The van der Waals surface area contributed by atoms with Gasteiger partial charge in [0.05, 0.1) is 5.56 Å². The third kappa shape index (κ3) is 4.29. The molecule has 1 atom stereocenters. The van der Waals surface area contributed by atoms with E-state index in [0.29, 0.717) is 16.9 Å². The van der Waals surface area contributed by atoms with Crippen molar-refractivity contribution < 1.29 is 9.18 Å². The molecule has 1 aliphatic carbocycles. The largest absolute Gasteiger partial charge is 0.318 e. The Balaban J connectivity index is 1.68. The standard InChI is InChI=1S/C23H30FN3O/c1-15-14-21(16(2)27(15)20-12-8-18(24)9-13-20)22(28)26-25-19-10-6-17(7-11-19)23(3,4)5/h8-10,12-14,17,25H,6-7,11H2,1-5H3,(H,26,28)/t17-/m1/s1. The minimum atomic E-state index is -0.275. The third-order valence-electron chi connectivity index (χ3n) is 5.73. The van der Waals surface area contributed by atoms with Crippen LogP contribution in [-0.2, 0) is 0 Å². The lowest BCUT2D eigenvalue weighted by molar-refractivity contribution is 0.0936. The van der Waals surface area contributed by atoms with Crippen molar-refractivity contribution in [3.05, 3.63) is 64.9 Å². The number of hydrogen-bond donors (Lipinski definition) is 2. The topological polar surface area (TPSA) is 46.1 Å². The van der Waals surface area contributed by atoms with Crippen molar-refractivity contribution in [2.45, 2.75) is 53.9 Å². The quantitative estimate of drug-likeness (QED) is 0.713. The summed E-state index contributed by atoms with van der Waals surface area (Å²) >= 11 is 0. The molecule has 0 radical (unpaired) electrons. The zero-order valence-corrected chi connectivity index (χ0v) is 17.4. The van der Waals surface area contributed by atoms with Crippen molar-refractivity contribution in [2.75, 3.05) is 0 Å². The Morgan fingerprint density at radius 3 is 2.43 bits per heavy atom. The fourth-order valence-corrected chi connectivity index (χ4v) is 3.92. The SMILES string of the molecule is Cc1cc(C(=O)NNC2=CC[C@@H](C(C)(C)C)CC2)c(C)n1-c1ccc(F)cc1. The molecule has 0 bridgehead atoms. The average molecular weight is 384 g/mol. The number of nitrogens with one attached hydrogen (secondary N) is 2. The number of rotatable bonds is 4. The van der Waals surface area contributed by atoms with Gasteiger partial charge in [0.1, 0.15) is 5.82 Å². The van der Waals surface area contributed by atoms with Crippen LogP contribution in [0.25, 0.3) is 5.69 Å². The van der Waals surface area contributed by atoms with Crippen LogP contribution in [0.3, 0.4) is 0 Å². The second kappa shape index (κ2) is 7.82. The molecule has 0 aliphatic heterocycles. The zero-order valence-electron chi connectivity index (χ0n) is 17.4. The van der Waals surface area contributed by atoms with Gasteiger partial charge in [-0.15, -0.1) is 0 Å². The predicted molar refractivity (Wildman–Crippen MR) is 111 cm³/mol. The Morgan fingerprint density at radius 1 is 1.18 bits per heavy atom. The number of carbonyl (C=O) groups is 1. The van der Waals surface area contributed by atoms with E-state index in [1.165, 1.54) is 12.1 Å². The van der Waals surface area contributed by atoms with Crippen LogP contribution in [0.1, 0.15) is 61.8 Å². The smallest absolute Gasteiger partial charge is 0.271 e. The summed E-state index contributed by atoms with van der Waals surface area (Å²) in [5.74, 6) is 0.228. The fraction of sp³-hybridized carbons (Fsp3) is 0.435. The second-order valence-corrected chi connectivity index (χ2v) is 8.74. The molecule has 1 aromatic carbocycles. The van der Waals surface area contributed by atoms with Crippen LogP contribution < -0.4 is 10.9 Å². The number of aromatic nitrogens is 1. The molecule has 1 amide bonds. The van der Waals surface area contributed by atoms with E-state index in [0.717, 1.165) is 42.0 Å². The van der Waals surface area contributed by atoms with E-state index in [-0.39, 0.29) is 11.7 Å². The Kier molecular flexibility index (Phi) is 5.64. The van der Waals surface area contributed by atoms with Crippen LogP contribution in [0.4, 0.5) is 4.39 Å². The van der Waals surface area contributed by atoms with Gasteiger partial charge in [0.2, 0.25) is 0 Å². The Labute approximate surface area is 166 Å². The first kappa shape index (κ1) is 20.2. The first-order chi connectivity index (χ1) is 13.2. The van der Waals surface area contributed by atoms with Crippen molar-refractivity contribution in [1.82, 2.24) is 15.4 Å². The van der Waals surface area contributed by atoms with Gasteiger partial charge in [-0.25, -0.2) is 4.39 Å². The van der Waals surface area contributed by atoms with E-state index in [1.54, 1.807) is 12.1 Å². The molecule has 0 unspecified atom stereocenters. The van der Waals surface area contributed by atoms with E-state index in [4.69, 9.17) is 0 Å². The molecule has 2 N–H and O–H groups in total. The van der Waals surface area contributed by atoms with Gasteiger partial charge in [0, 0.05) is 22.8 Å². The number of halogens is 1. The van der Waals surface area contributed by atoms with Gasteiger partial charge >= 0.3 is 0 Å². The summed E-state index contributed by atoms with van der Waals surface area (Å²) < 4.78 is 15.2. The van der Waals surface area contributed by atoms with Crippen molar-refractivity contribution in [3.8, 4) is 5.69 Å². The molecule has 0 saturated carbocycles. The molecule has 0 saturated heterocycles. The summed E-state index contributed by atoms with van der Waals surface area (Å²) in [4.78, 5) is 12.7. The summed E-state index contributed by atoms with van der Waals surface area (Å²) in [5.41, 5.74) is 10.5. The number of nitrogens with zero attached hydrogens (tertiary/aromatic N) is 1. The fourth-order valence-electron chi connectivity index (χ4n) is 3.92. The molecule has 1 aliphatic rings. The number of hydrogen-bond acceptors (Lipinski definition) is 2. The second-order valence-electron chi connectivity index (χ2n) is 8.74. The van der Waals surface area contributed by atoms with Crippen molar-refractivity contribution in [1.29, 1.82) is 0 Å². The lowest BCUT2D eigenvalue weighted by Gasteiger charge is -2.33. The molecule has 3 rings (SSSR count). The first-order valence-electron chi connectivity index (χ1n) is 9.87. The number of amides is 1. The van der Waals surface area contributed by atoms with Gasteiger partial charge in [0.15, 0.2) is 0 Å². The Bertz CT molecular complexity index is 888. The van der Waals surface area contributed by atoms with Crippen molar-refractivity contribution >= 4 is 5.91 Å². The Hall–Kier alpha value is -2.56.